The number of rotatable bonds is 10. The van der Waals surface area contributed by atoms with Crippen LogP contribution in [-0.2, 0) is 24.4 Å². The smallest absolute Gasteiger partial charge is 0.273 e. The van der Waals surface area contributed by atoms with E-state index in [1.165, 1.54) is 30.5 Å². The van der Waals surface area contributed by atoms with Crippen LogP contribution in [0.25, 0.3) is 0 Å². The standard InChI is InChI=1S/C28H32FN5O5/c1-5-12-34-26(36)24-23(25(35)30-15-19-13-21(38-3)10-11-22(19)39-4)32-17-33(24)16-28(34,2)27(37)31-14-18-6-8-20(29)9-7-18/h6-11,13,17H,5,12,14-16H2,1-4H3,(H,30,35)(H,31,37). The summed E-state index contributed by atoms with van der Waals surface area (Å²) in [4.78, 5) is 46.0. The first-order valence-corrected chi connectivity index (χ1v) is 12.6. The van der Waals surface area contributed by atoms with Crippen molar-refractivity contribution in [2.24, 2.45) is 0 Å². The van der Waals surface area contributed by atoms with Crippen LogP contribution in [0.15, 0.2) is 48.8 Å². The Bertz CT molecular complexity index is 1370. The molecule has 0 fully saturated rings. The van der Waals surface area contributed by atoms with Gasteiger partial charge in [0.2, 0.25) is 5.91 Å². The first-order chi connectivity index (χ1) is 18.7. The summed E-state index contributed by atoms with van der Waals surface area (Å²) >= 11 is 0. The normalized spacial score (nSPS) is 16.4. The number of aromatic nitrogens is 2. The van der Waals surface area contributed by atoms with Crippen LogP contribution >= 0.6 is 0 Å². The molecule has 0 spiro atoms. The van der Waals surface area contributed by atoms with E-state index in [4.69, 9.17) is 9.47 Å². The highest BCUT2D eigenvalue weighted by molar-refractivity contribution is 6.07. The molecular weight excluding hydrogens is 505 g/mol. The zero-order valence-electron chi connectivity index (χ0n) is 22.4. The molecule has 39 heavy (non-hydrogen) atoms. The molecule has 1 unspecified atom stereocenters. The Kier molecular flexibility index (Phi) is 8.18. The molecule has 0 saturated carbocycles. The Labute approximate surface area is 226 Å². The van der Waals surface area contributed by atoms with Gasteiger partial charge in [0, 0.05) is 25.2 Å². The lowest BCUT2D eigenvalue weighted by Crippen LogP contribution is -2.64. The molecule has 3 amide bonds. The van der Waals surface area contributed by atoms with Crippen LogP contribution in [0.5, 0.6) is 11.5 Å². The van der Waals surface area contributed by atoms with E-state index in [0.717, 1.165) is 5.56 Å². The molecule has 0 radical (unpaired) electrons. The number of carbonyl (C=O) groups is 3. The molecule has 1 aliphatic rings. The number of methoxy groups -OCH3 is 2. The van der Waals surface area contributed by atoms with Gasteiger partial charge in [0.1, 0.15) is 28.5 Å². The van der Waals surface area contributed by atoms with Gasteiger partial charge in [-0.05, 0) is 49.2 Å². The maximum absolute atomic E-state index is 13.7. The number of ether oxygens (including phenoxy) is 2. The van der Waals surface area contributed by atoms with E-state index in [1.54, 1.807) is 48.9 Å². The molecule has 4 rings (SSSR count). The van der Waals surface area contributed by atoms with E-state index in [9.17, 15) is 18.8 Å². The fraction of sp³-hybridized carbons (Fsp3) is 0.357. The Balaban J connectivity index is 1.54. The predicted octanol–water partition coefficient (Wildman–Crippen LogP) is 2.91. The lowest BCUT2D eigenvalue weighted by Gasteiger charge is -2.43. The Morgan fingerprint density at radius 3 is 2.49 bits per heavy atom. The fourth-order valence-corrected chi connectivity index (χ4v) is 4.68. The van der Waals surface area contributed by atoms with E-state index in [1.807, 2.05) is 6.92 Å². The van der Waals surface area contributed by atoms with Crippen molar-refractivity contribution < 1.29 is 28.2 Å². The van der Waals surface area contributed by atoms with Gasteiger partial charge in [-0.25, -0.2) is 9.37 Å². The lowest BCUT2D eigenvalue weighted by atomic mass is 9.94. The monoisotopic (exact) mass is 537 g/mol. The highest BCUT2D eigenvalue weighted by atomic mass is 19.1. The molecule has 3 aromatic rings. The van der Waals surface area contributed by atoms with Gasteiger partial charge >= 0.3 is 0 Å². The molecule has 0 aliphatic carbocycles. The fourth-order valence-electron chi connectivity index (χ4n) is 4.68. The van der Waals surface area contributed by atoms with E-state index < -0.39 is 17.4 Å². The second-order valence-electron chi connectivity index (χ2n) is 9.47. The van der Waals surface area contributed by atoms with Crippen molar-refractivity contribution in [3.05, 3.63) is 77.1 Å². The van der Waals surface area contributed by atoms with Crippen molar-refractivity contribution in [1.82, 2.24) is 25.1 Å². The third-order valence-electron chi connectivity index (χ3n) is 6.80. The molecular formula is C28H32FN5O5. The topological polar surface area (TPSA) is 115 Å². The maximum atomic E-state index is 13.7. The molecule has 1 aromatic heterocycles. The summed E-state index contributed by atoms with van der Waals surface area (Å²) in [7, 11) is 3.08. The van der Waals surface area contributed by atoms with Gasteiger partial charge in [-0.15, -0.1) is 0 Å². The second-order valence-corrected chi connectivity index (χ2v) is 9.47. The van der Waals surface area contributed by atoms with Crippen molar-refractivity contribution in [3.8, 4) is 11.5 Å². The minimum atomic E-state index is -1.22. The zero-order valence-corrected chi connectivity index (χ0v) is 22.4. The summed E-state index contributed by atoms with van der Waals surface area (Å²) in [5.74, 6) is -0.507. The summed E-state index contributed by atoms with van der Waals surface area (Å²) in [5, 5.41) is 5.67. The number of nitrogens with zero attached hydrogens (tertiary/aromatic N) is 3. The largest absolute Gasteiger partial charge is 0.497 e. The van der Waals surface area contributed by atoms with Crippen LogP contribution in [0, 0.1) is 5.82 Å². The summed E-state index contributed by atoms with van der Waals surface area (Å²) < 4.78 is 25.4. The lowest BCUT2D eigenvalue weighted by molar-refractivity contribution is -0.133. The number of carbonyl (C=O) groups excluding carboxylic acids is 3. The van der Waals surface area contributed by atoms with Gasteiger partial charge < -0.3 is 29.6 Å². The average molecular weight is 538 g/mol. The highest BCUT2D eigenvalue weighted by Crippen LogP contribution is 2.30. The Morgan fingerprint density at radius 2 is 1.82 bits per heavy atom. The first kappa shape index (κ1) is 27.6. The van der Waals surface area contributed by atoms with Gasteiger partial charge in [0.25, 0.3) is 11.8 Å². The van der Waals surface area contributed by atoms with Crippen LogP contribution in [0.4, 0.5) is 4.39 Å². The van der Waals surface area contributed by atoms with E-state index >= 15 is 0 Å². The quantitative estimate of drug-likeness (QED) is 0.411. The Morgan fingerprint density at radius 1 is 1.08 bits per heavy atom. The van der Waals surface area contributed by atoms with Crippen molar-refractivity contribution in [2.75, 3.05) is 20.8 Å². The summed E-state index contributed by atoms with van der Waals surface area (Å²) in [6.07, 6.45) is 2.01. The van der Waals surface area contributed by atoms with E-state index in [2.05, 4.69) is 15.6 Å². The average Bonchev–Trinajstić information content (AvgIpc) is 3.37. The summed E-state index contributed by atoms with van der Waals surface area (Å²) in [6.45, 7) is 4.34. The number of benzene rings is 2. The molecule has 2 N–H and O–H groups in total. The number of amides is 3. The molecule has 0 saturated heterocycles. The molecule has 206 valence electrons. The van der Waals surface area contributed by atoms with Crippen LogP contribution in [0.1, 0.15) is 52.4 Å². The number of nitrogens with one attached hydrogen (secondary N) is 2. The molecule has 2 heterocycles. The second kappa shape index (κ2) is 11.5. The molecule has 0 bridgehead atoms. The third kappa shape index (κ3) is 5.57. The van der Waals surface area contributed by atoms with Crippen LogP contribution in [0.3, 0.4) is 0 Å². The first-order valence-electron chi connectivity index (χ1n) is 12.6. The Hall–Kier alpha value is -4.41. The van der Waals surface area contributed by atoms with Crippen molar-refractivity contribution in [3.63, 3.8) is 0 Å². The minimum Gasteiger partial charge on any atom is -0.497 e. The predicted molar refractivity (Wildman–Crippen MR) is 141 cm³/mol. The molecule has 11 heteroatoms. The van der Waals surface area contributed by atoms with Crippen LogP contribution in [0.2, 0.25) is 0 Å². The number of hydrogen-bond acceptors (Lipinski definition) is 6. The van der Waals surface area contributed by atoms with Gasteiger partial charge in [-0.1, -0.05) is 19.1 Å². The third-order valence-corrected chi connectivity index (χ3v) is 6.80. The number of imidazole rings is 1. The SMILES string of the molecule is CCCN1C(=O)c2c(C(=O)NCc3cc(OC)ccc3OC)ncn2CC1(C)C(=O)NCc1ccc(F)cc1. The highest BCUT2D eigenvalue weighted by Gasteiger charge is 2.48. The molecule has 1 aliphatic heterocycles. The molecule has 1 atom stereocenters. The number of hydrogen-bond donors (Lipinski definition) is 2. The maximum Gasteiger partial charge on any atom is 0.273 e. The van der Waals surface area contributed by atoms with E-state index in [0.29, 0.717) is 30.0 Å². The van der Waals surface area contributed by atoms with Gasteiger partial charge in [-0.2, -0.15) is 0 Å². The zero-order chi connectivity index (χ0) is 28.2. The van der Waals surface area contributed by atoms with Gasteiger partial charge in [0.15, 0.2) is 5.69 Å². The molecule has 10 nitrogen and oxygen atoms in total. The summed E-state index contributed by atoms with van der Waals surface area (Å²) in [5.41, 5.74) is 0.317. The minimum absolute atomic E-state index is 0.0169. The van der Waals surface area contributed by atoms with Gasteiger partial charge in [-0.3, -0.25) is 14.4 Å². The van der Waals surface area contributed by atoms with Crippen LogP contribution in [-0.4, -0.2) is 58.5 Å². The van der Waals surface area contributed by atoms with Crippen molar-refractivity contribution >= 4 is 17.7 Å². The molecule has 2 aromatic carbocycles. The van der Waals surface area contributed by atoms with Gasteiger partial charge in [0.05, 0.1) is 27.1 Å². The van der Waals surface area contributed by atoms with E-state index in [-0.39, 0.29) is 42.7 Å². The summed E-state index contributed by atoms with van der Waals surface area (Å²) in [6, 6.07) is 11.1. The van der Waals surface area contributed by atoms with Crippen LogP contribution < -0.4 is 20.1 Å². The van der Waals surface area contributed by atoms with Crippen molar-refractivity contribution in [1.29, 1.82) is 0 Å². The van der Waals surface area contributed by atoms with Crippen molar-refractivity contribution in [2.45, 2.75) is 45.4 Å². The number of halogens is 1. The number of fused-ring (bicyclic) bond motifs is 1.